The third kappa shape index (κ3) is 4.74. The summed E-state index contributed by atoms with van der Waals surface area (Å²) in [5.74, 6) is 0. The molecule has 2 aliphatic rings. The minimum atomic E-state index is -0.272. The van der Waals surface area contributed by atoms with Crippen LogP contribution in [0.25, 0.3) is 21.8 Å². The molecular weight excluding hydrogens is 500 g/mol. The Morgan fingerprint density at radius 2 is 1.90 bits per heavy atom. The standard InChI is InChI=1S/C30H32N10/c1-30(2,3)17-34-28-19(13-32)14-33-27-18(12-31)10-20(11-23(27)28)36-29(25-16-40(38-37-25)21-8-9-21)22-6-5-7-26-24(22)15-35-39(26)4/h5-7,10-11,14-16,21,29,36-38H,8-9,17H2,1-4H3,(H,33,34)/t29-/m0/s1. The van der Waals surface area contributed by atoms with Crippen molar-refractivity contribution in [2.45, 2.75) is 45.7 Å². The van der Waals surface area contributed by atoms with Crippen LogP contribution in [0.4, 0.5) is 11.4 Å². The van der Waals surface area contributed by atoms with Crippen molar-refractivity contribution in [2.24, 2.45) is 12.5 Å². The molecule has 1 aliphatic carbocycles. The summed E-state index contributed by atoms with van der Waals surface area (Å²) in [4.78, 5) is 4.50. The van der Waals surface area contributed by atoms with Gasteiger partial charge in [-0.3, -0.25) is 14.7 Å². The minimum absolute atomic E-state index is 0.00914. The number of fused-ring (bicyclic) bond motifs is 2. The zero-order chi connectivity index (χ0) is 28.0. The zero-order valence-corrected chi connectivity index (χ0v) is 23.1. The van der Waals surface area contributed by atoms with Crippen LogP contribution in [0.1, 0.15) is 56.3 Å². The quantitative estimate of drug-likeness (QED) is 0.265. The number of hydrogen-bond donors (Lipinski definition) is 4. The van der Waals surface area contributed by atoms with Crippen LogP contribution >= 0.6 is 0 Å². The summed E-state index contributed by atoms with van der Waals surface area (Å²) >= 11 is 0. The lowest BCUT2D eigenvalue weighted by molar-refractivity contribution is 0.260. The lowest BCUT2D eigenvalue weighted by atomic mass is 9.96. The van der Waals surface area contributed by atoms with E-state index in [-0.39, 0.29) is 11.5 Å². The molecule has 0 spiro atoms. The highest BCUT2D eigenvalue weighted by atomic mass is 15.7. The van der Waals surface area contributed by atoms with Gasteiger partial charge in [-0.1, -0.05) is 32.9 Å². The molecule has 4 N–H and O–H groups in total. The van der Waals surface area contributed by atoms with Crippen molar-refractivity contribution < 1.29 is 0 Å². The van der Waals surface area contributed by atoms with E-state index in [1.165, 1.54) is 0 Å². The highest BCUT2D eigenvalue weighted by molar-refractivity contribution is 5.99. The van der Waals surface area contributed by atoms with E-state index in [9.17, 15) is 10.5 Å². The summed E-state index contributed by atoms with van der Waals surface area (Å²) in [5.41, 5.74) is 12.6. The van der Waals surface area contributed by atoms with Crippen molar-refractivity contribution in [3.8, 4) is 12.1 Å². The monoisotopic (exact) mass is 532 g/mol. The first-order valence-electron chi connectivity index (χ1n) is 13.5. The maximum absolute atomic E-state index is 10.1. The van der Waals surface area contributed by atoms with Gasteiger partial charge in [0.1, 0.15) is 12.1 Å². The molecule has 0 amide bonds. The van der Waals surface area contributed by atoms with Gasteiger partial charge in [-0.25, -0.2) is 0 Å². The van der Waals surface area contributed by atoms with Crippen LogP contribution in [0.3, 0.4) is 0 Å². The Balaban J connectivity index is 1.48. The number of anilines is 2. The predicted molar refractivity (Wildman–Crippen MR) is 155 cm³/mol. The molecule has 10 nitrogen and oxygen atoms in total. The molecular formula is C30H32N10. The van der Waals surface area contributed by atoms with Crippen LogP contribution in [0, 0.1) is 28.1 Å². The molecule has 10 heteroatoms. The Morgan fingerprint density at radius 1 is 1.10 bits per heavy atom. The number of nitrogens with one attached hydrogen (secondary N) is 4. The highest BCUT2D eigenvalue weighted by Crippen LogP contribution is 2.37. The Kier molecular flexibility index (Phi) is 6.21. The number of nitrogens with zero attached hydrogens (tertiary/aromatic N) is 6. The maximum Gasteiger partial charge on any atom is 0.103 e. The second-order valence-corrected chi connectivity index (χ2v) is 11.7. The van der Waals surface area contributed by atoms with Crippen molar-refractivity contribution in [2.75, 3.05) is 17.2 Å². The molecule has 2 aromatic carbocycles. The first-order valence-corrected chi connectivity index (χ1v) is 13.5. The second-order valence-electron chi connectivity index (χ2n) is 11.7. The van der Waals surface area contributed by atoms with E-state index in [0.29, 0.717) is 34.9 Å². The molecule has 1 fully saturated rings. The number of hydrogen-bond acceptors (Lipinski definition) is 9. The fourth-order valence-electron chi connectivity index (χ4n) is 5.08. The van der Waals surface area contributed by atoms with E-state index in [1.54, 1.807) is 6.20 Å². The number of benzene rings is 2. The van der Waals surface area contributed by atoms with E-state index >= 15 is 0 Å². The van der Waals surface area contributed by atoms with Crippen LogP contribution in [-0.2, 0) is 7.05 Å². The van der Waals surface area contributed by atoms with Gasteiger partial charge in [0, 0.05) is 48.5 Å². The smallest absolute Gasteiger partial charge is 0.103 e. The van der Waals surface area contributed by atoms with Crippen LogP contribution in [0.5, 0.6) is 0 Å². The fraction of sp³-hybridized carbons (Fsp3) is 0.333. The van der Waals surface area contributed by atoms with Crippen LogP contribution < -0.4 is 21.6 Å². The molecule has 6 rings (SSSR count). The number of pyridine rings is 1. The first kappa shape index (κ1) is 25.5. The summed E-state index contributed by atoms with van der Waals surface area (Å²) < 4.78 is 1.87. The van der Waals surface area contributed by atoms with E-state index in [0.717, 1.165) is 46.1 Å². The van der Waals surface area contributed by atoms with Gasteiger partial charge < -0.3 is 16.1 Å². The van der Waals surface area contributed by atoms with Crippen molar-refractivity contribution in [1.82, 2.24) is 30.7 Å². The van der Waals surface area contributed by atoms with Gasteiger partial charge in [0.2, 0.25) is 0 Å². The first-order chi connectivity index (χ1) is 19.3. The van der Waals surface area contributed by atoms with Crippen molar-refractivity contribution in [1.29, 1.82) is 10.5 Å². The number of rotatable bonds is 7. The van der Waals surface area contributed by atoms with Crippen molar-refractivity contribution in [3.05, 3.63) is 71.3 Å². The average Bonchev–Trinajstić information content (AvgIpc) is 3.55. The third-order valence-corrected chi connectivity index (χ3v) is 7.31. The summed E-state index contributed by atoms with van der Waals surface area (Å²) in [6.45, 7) is 7.06. The van der Waals surface area contributed by atoms with Gasteiger partial charge >= 0.3 is 0 Å². The van der Waals surface area contributed by atoms with E-state index < -0.39 is 0 Å². The van der Waals surface area contributed by atoms with Gasteiger partial charge in [0.15, 0.2) is 0 Å². The topological polar surface area (TPSA) is 130 Å². The molecule has 0 radical (unpaired) electrons. The predicted octanol–water partition coefficient (Wildman–Crippen LogP) is 4.80. The van der Waals surface area contributed by atoms with Crippen molar-refractivity contribution >= 4 is 33.2 Å². The summed E-state index contributed by atoms with van der Waals surface area (Å²) in [5, 5.41) is 35.5. The number of aryl methyl sites for hydroxylation is 1. The highest BCUT2D eigenvalue weighted by Gasteiger charge is 2.33. The Hall–Kier alpha value is -4.80. The Labute approximate surface area is 233 Å². The largest absolute Gasteiger partial charge is 0.383 e. The lowest BCUT2D eigenvalue weighted by Gasteiger charge is -2.24. The molecule has 1 aliphatic heterocycles. The normalized spacial score (nSPS) is 15.8. The molecule has 202 valence electrons. The van der Waals surface area contributed by atoms with Crippen LogP contribution in [0.15, 0.2) is 54.6 Å². The molecule has 2 aromatic heterocycles. The van der Waals surface area contributed by atoms with E-state index in [4.69, 9.17) is 0 Å². The average molecular weight is 533 g/mol. The molecule has 1 saturated carbocycles. The third-order valence-electron chi connectivity index (χ3n) is 7.31. The SMILES string of the molecule is Cn1ncc2c([C@H](Nc3cc(C#N)c4ncc(C#N)c(NCC(C)(C)C)c4c3)C3=CN(C4CC4)NN3)cccc21. The molecule has 0 unspecified atom stereocenters. The Bertz CT molecular complexity index is 1730. The van der Waals surface area contributed by atoms with Crippen molar-refractivity contribution in [3.63, 3.8) is 0 Å². The molecule has 0 bridgehead atoms. The van der Waals surface area contributed by atoms with E-state index in [1.807, 2.05) is 36.1 Å². The van der Waals surface area contributed by atoms with Gasteiger partial charge in [0.25, 0.3) is 0 Å². The number of nitriles is 2. The number of aromatic nitrogens is 3. The molecule has 3 heterocycles. The number of hydrazine groups is 2. The summed E-state index contributed by atoms with van der Waals surface area (Å²) in [7, 11) is 1.94. The molecule has 0 saturated heterocycles. The Morgan fingerprint density at radius 3 is 2.62 bits per heavy atom. The van der Waals surface area contributed by atoms with Gasteiger partial charge in [-0.05, 0) is 42.0 Å². The molecule has 40 heavy (non-hydrogen) atoms. The summed E-state index contributed by atoms with van der Waals surface area (Å²) in [6, 6.07) is 14.8. The maximum atomic E-state index is 10.1. The van der Waals surface area contributed by atoms with Gasteiger partial charge in [-0.2, -0.15) is 15.6 Å². The van der Waals surface area contributed by atoms with E-state index in [2.05, 4.69) is 87.9 Å². The van der Waals surface area contributed by atoms with Crippen LogP contribution in [0.2, 0.25) is 0 Å². The van der Waals surface area contributed by atoms with Gasteiger partial charge in [0.05, 0.1) is 45.8 Å². The summed E-state index contributed by atoms with van der Waals surface area (Å²) in [6.07, 6.45) is 7.85. The minimum Gasteiger partial charge on any atom is -0.383 e. The van der Waals surface area contributed by atoms with Gasteiger partial charge in [-0.15, -0.1) is 5.53 Å². The zero-order valence-electron chi connectivity index (χ0n) is 23.1. The molecule has 4 aromatic rings. The van der Waals surface area contributed by atoms with Crippen LogP contribution in [-0.4, -0.2) is 32.4 Å². The fourth-order valence-corrected chi connectivity index (χ4v) is 5.08. The second kappa shape index (κ2) is 9.74. The molecule has 1 atom stereocenters. The lowest BCUT2D eigenvalue weighted by Crippen LogP contribution is -2.38.